The molecular formula is C17H29N. The fraction of sp³-hybridized carbons (Fsp3) is 1.00. The molecule has 0 radical (unpaired) electrons. The van der Waals surface area contributed by atoms with Gasteiger partial charge in [-0.1, -0.05) is 25.7 Å². The second kappa shape index (κ2) is 4.81. The highest BCUT2D eigenvalue weighted by atomic mass is 14.9. The zero-order valence-electron chi connectivity index (χ0n) is 11.7. The van der Waals surface area contributed by atoms with Crippen molar-refractivity contribution in [2.45, 2.75) is 70.3 Å². The summed E-state index contributed by atoms with van der Waals surface area (Å²) in [5.41, 5.74) is 0. The molecule has 6 atom stereocenters. The number of rotatable bonds is 0. The lowest BCUT2D eigenvalue weighted by atomic mass is 9.67. The van der Waals surface area contributed by atoms with E-state index in [9.17, 15) is 0 Å². The predicted molar refractivity (Wildman–Crippen MR) is 75.4 cm³/mol. The summed E-state index contributed by atoms with van der Waals surface area (Å²) >= 11 is 0. The lowest BCUT2D eigenvalue weighted by molar-refractivity contribution is 0.106. The van der Waals surface area contributed by atoms with E-state index in [0.717, 1.165) is 35.6 Å². The molecule has 1 N–H and O–H groups in total. The molecule has 0 aromatic rings. The van der Waals surface area contributed by atoms with Crippen LogP contribution in [-0.2, 0) is 0 Å². The standard InChI is InChI=1S/C17H29N/c1-2-6-13-12(5-1)11-16-14(13)8-9-17-15(16)7-3-4-10-18-17/h12-18H,1-11H2. The van der Waals surface area contributed by atoms with Crippen molar-refractivity contribution in [3.05, 3.63) is 0 Å². The van der Waals surface area contributed by atoms with Crippen LogP contribution >= 0.6 is 0 Å². The summed E-state index contributed by atoms with van der Waals surface area (Å²) in [5.74, 6) is 5.58. The number of hydrogen-bond acceptors (Lipinski definition) is 1. The molecule has 0 amide bonds. The highest BCUT2D eigenvalue weighted by Gasteiger charge is 2.50. The summed E-state index contributed by atoms with van der Waals surface area (Å²) in [6.45, 7) is 1.30. The lowest BCUT2D eigenvalue weighted by Crippen LogP contribution is -2.44. The molecule has 6 unspecified atom stereocenters. The van der Waals surface area contributed by atoms with Gasteiger partial charge >= 0.3 is 0 Å². The fourth-order valence-corrected chi connectivity index (χ4v) is 6.20. The minimum absolute atomic E-state index is 0.897. The minimum atomic E-state index is 0.897. The van der Waals surface area contributed by atoms with Crippen LogP contribution in [0.3, 0.4) is 0 Å². The second-order valence-corrected chi connectivity index (χ2v) is 7.57. The zero-order chi connectivity index (χ0) is 11.9. The first kappa shape index (κ1) is 11.8. The van der Waals surface area contributed by atoms with E-state index < -0.39 is 0 Å². The highest BCUT2D eigenvalue weighted by Crippen LogP contribution is 2.56. The average Bonchev–Trinajstić information content (AvgIpc) is 2.62. The molecule has 0 spiro atoms. The van der Waals surface area contributed by atoms with Gasteiger partial charge in [-0.15, -0.1) is 0 Å². The normalized spacial score (nSPS) is 52.0. The maximum Gasteiger partial charge on any atom is 0.00981 e. The maximum absolute atomic E-state index is 3.88. The van der Waals surface area contributed by atoms with Crippen molar-refractivity contribution in [2.75, 3.05) is 6.54 Å². The topological polar surface area (TPSA) is 12.0 Å². The summed E-state index contributed by atoms with van der Waals surface area (Å²) in [5, 5.41) is 3.88. The van der Waals surface area contributed by atoms with Gasteiger partial charge in [0.15, 0.2) is 0 Å². The van der Waals surface area contributed by atoms with Gasteiger partial charge in [-0.05, 0) is 74.7 Å². The molecule has 4 aliphatic rings. The Morgan fingerprint density at radius 2 is 1.44 bits per heavy atom. The van der Waals surface area contributed by atoms with E-state index in [1.165, 1.54) is 45.1 Å². The van der Waals surface area contributed by atoms with E-state index in [4.69, 9.17) is 0 Å². The molecule has 0 aromatic heterocycles. The van der Waals surface area contributed by atoms with Gasteiger partial charge in [0, 0.05) is 6.04 Å². The van der Waals surface area contributed by atoms with Crippen LogP contribution < -0.4 is 5.32 Å². The molecule has 3 aliphatic carbocycles. The molecule has 1 heterocycles. The first-order chi connectivity index (χ1) is 8.93. The van der Waals surface area contributed by atoms with E-state index >= 15 is 0 Å². The van der Waals surface area contributed by atoms with Crippen molar-refractivity contribution in [3.63, 3.8) is 0 Å². The van der Waals surface area contributed by atoms with Crippen LogP contribution in [0.15, 0.2) is 0 Å². The third-order valence-electron chi connectivity index (χ3n) is 6.89. The van der Waals surface area contributed by atoms with Crippen LogP contribution in [0.5, 0.6) is 0 Å². The van der Waals surface area contributed by atoms with Crippen molar-refractivity contribution >= 4 is 0 Å². The maximum atomic E-state index is 3.88. The summed E-state index contributed by atoms with van der Waals surface area (Å²) in [6.07, 6.45) is 15.3. The highest BCUT2D eigenvalue weighted by molar-refractivity contribution is 5.01. The number of nitrogens with one attached hydrogen (secondary N) is 1. The van der Waals surface area contributed by atoms with Gasteiger partial charge in [-0.3, -0.25) is 0 Å². The van der Waals surface area contributed by atoms with Crippen molar-refractivity contribution < 1.29 is 0 Å². The van der Waals surface area contributed by atoms with E-state index in [0.29, 0.717) is 0 Å². The largest absolute Gasteiger partial charge is 0.314 e. The molecule has 1 nitrogen and oxygen atoms in total. The number of fused-ring (bicyclic) bond motifs is 5. The summed E-state index contributed by atoms with van der Waals surface area (Å²) in [7, 11) is 0. The molecular weight excluding hydrogens is 218 g/mol. The van der Waals surface area contributed by atoms with Crippen LogP contribution in [0.1, 0.15) is 64.2 Å². The van der Waals surface area contributed by atoms with E-state index in [1.807, 2.05) is 0 Å². The lowest BCUT2D eigenvalue weighted by Gasteiger charge is -2.41. The van der Waals surface area contributed by atoms with Gasteiger partial charge in [0.2, 0.25) is 0 Å². The third kappa shape index (κ3) is 1.85. The molecule has 1 heteroatoms. The first-order valence-electron chi connectivity index (χ1n) is 8.67. The fourth-order valence-electron chi connectivity index (χ4n) is 6.20. The van der Waals surface area contributed by atoms with Gasteiger partial charge in [0.1, 0.15) is 0 Å². The van der Waals surface area contributed by atoms with E-state index in [2.05, 4.69) is 5.32 Å². The van der Waals surface area contributed by atoms with Gasteiger partial charge in [0.25, 0.3) is 0 Å². The van der Waals surface area contributed by atoms with E-state index in [-0.39, 0.29) is 0 Å². The van der Waals surface area contributed by atoms with Gasteiger partial charge in [-0.2, -0.15) is 0 Å². The zero-order valence-corrected chi connectivity index (χ0v) is 11.7. The van der Waals surface area contributed by atoms with E-state index in [1.54, 1.807) is 25.7 Å². The Morgan fingerprint density at radius 3 is 2.44 bits per heavy atom. The monoisotopic (exact) mass is 247 g/mol. The van der Waals surface area contributed by atoms with Gasteiger partial charge in [0.05, 0.1) is 0 Å². The van der Waals surface area contributed by atoms with Crippen LogP contribution in [0, 0.1) is 29.6 Å². The van der Waals surface area contributed by atoms with Gasteiger partial charge in [-0.25, -0.2) is 0 Å². The summed E-state index contributed by atoms with van der Waals surface area (Å²) in [6, 6.07) is 0.897. The van der Waals surface area contributed by atoms with Crippen LogP contribution in [0.4, 0.5) is 0 Å². The smallest absolute Gasteiger partial charge is 0.00981 e. The Morgan fingerprint density at radius 1 is 0.611 bits per heavy atom. The molecule has 4 rings (SSSR count). The second-order valence-electron chi connectivity index (χ2n) is 7.57. The van der Waals surface area contributed by atoms with Gasteiger partial charge < -0.3 is 5.32 Å². The Balaban J connectivity index is 1.55. The quantitative estimate of drug-likeness (QED) is 0.682. The molecule has 3 saturated carbocycles. The predicted octanol–water partition coefficient (Wildman–Crippen LogP) is 3.98. The van der Waals surface area contributed by atoms with Crippen molar-refractivity contribution in [2.24, 2.45) is 29.6 Å². The van der Waals surface area contributed by atoms with Crippen LogP contribution in [0.2, 0.25) is 0 Å². The molecule has 102 valence electrons. The molecule has 0 bridgehead atoms. The van der Waals surface area contributed by atoms with Crippen molar-refractivity contribution in [1.82, 2.24) is 5.32 Å². The Bertz CT molecular complexity index is 300. The first-order valence-corrected chi connectivity index (χ1v) is 8.67. The minimum Gasteiger partial charge on any atom is -0.314 e. The summed E-state index contributed by atoms with van der Waals surface area (Å²) < 4.78 is 0. The molecule has 18 heavy (non-hydrogen) atoms. The molecule has 1 aliphatic heterocycles. The summed E-state index contributed by atoms with van der Waals surface area (Å²) in [4.78, 5) is 0. The third-order valence-corrected chi connectivity index (χ3v) is 6.89. The Hall–Kier alpha value is -0.0400. The average molecular weight is 247 g/mol. The van der Waals surface area contributed by atoms with Crippen molar-refractivity contribution in [1.29, 1.82) is 0 Å². The SMILES string of the molecule is C1CCC2C(CCC3C4CCCCC4CC23)NC1. The molecule has 0 aromatic carbocycles. The Labute approximate surface area is 112 Å². The molecule has 4 fully saturated rings. The molecule has 1 saturated heterocycles. The van der Waals surface area contributed by atoms with Crippen LogP contribution in [-0.4, -0.2) is 12.6 Å². The van der Waals surface area contributed by atoms with Crippen molar-refractivity contribution in [3.8, 4) is 0 Å². The number of hydrogen-bond donors (Lipinski definition) is 1. The Kier molecular flexibility index (Phi) is 3.14. The van der Waals surface area contributed by atoms with Crippen LogP contribution in [0.25, 0.3) is 0 Å².